The molecule has 0 aliphatic rings. The van der Waals surface area contributed by atoms with E-state index < -0.39 is 4.92 Å². The van der Waals surface area contributed by atoms with Gasteiger partial charge in [-0.15, -0.1) is 0 Å². The number of rotatable bonds is 2. The van der Waals surface area contributed by atoms with E-state index in [2.05, 4.69) is 10.3 Å². The molecule has 74 valence electrons. The van der Waals surface area contributed by atoms with Crippen molar-refractivity contribution in [1.82, 2.24) is 5.32 Å². The lowest BCUT2D eigenvalue weighted by atomic mass is 10.2. The quantitative estimate of drug-likeness (QED) is 0.282. The van der Waals surface area contributed by atoms with Crippen LogP contribution in [0.25, 0.3) is 0 Å². The van der Waals surface area contributed by atoms with Gasteiger partial charge in [0.15, 0.2) is 0 Å². The highest BCUT2D eigenvalue weighted by atomic mass is 16.6. The molecule has 1 rings (SSSR count). The third kappa shape index (κ3) is 2.07. The van der Waals surface area contributed by atoms with Crippen LogP contribution in [0.4, 0.5) is 5.69 Å². The van der Waals surface area contributed by atoms with Gasteiger partial charge in [0, 0.05) is 12.1 Å². The van der Waals surface area contributed by atoms with Gasteiger partial charge in [-0.3, -0.25) is 20.4 Å². The fraction of sp³-hybridized carbons (Fsp3) is 0.222. The number of nitrogens with one attached hydrogen (secondary N) is 2. The summed E-state index contributed by atoms with van der Waals surface area (Å²) in [5.74, 6) is 0.833. The van der Waals surface area contributed by atoms with Crippen molar-refractivity contribution in [2.75, 3.05) is 14.1 Å². The second-order valence-corrected chi connectivity index (χ2v) is 2.68. The molecule has 0 saturated heterocycles. The molecule has 0 spiro atoms. The van der Waals surface area contributed by atoms with Crippen LogP contribution in [0.3, 0.4) is 0 Å². The summed E-state index contributed by atoms with van der Waals surface area (Å²) in [7, 11) is 3.57. The Morgan fingerprint density at radius 1 is 1.43 bits per heavy atom. The molecule has 0 amide bonds. The maximum absolute atomic E-state index is 10.4. The first kappa shape index (κ1) is 10.2. The SMILES string of the molecule is CNC(=[NH+]C)c1ccc([N+](=O)[O-])cc1. The van der Waals surface area contributed by atoms with Crippen LogP contribution in [0.2, 0.25) is 0 Å². The molecule has 0 heterocycles. The molecule has 0 fully saturated rings. The van der Waals surface area contributed by atoms with Crippen LogP contribution in [0.5, 0.6) is 0 Å². The second kappa shape index (κ2) is 4.36. The van der Waals surface area contributed by atoms with Crippen molar-refractivity contribution in [2.45, 2.75) is 0 Å². The van der Waals surface area contributed by atoms with Crippen LogP contribution < -0.4 is 10.3 Å². The Balaban J connectivity index is 2.99. The van der Waals surface area contributed by atoms with Gasteiger partial charge < -0.3 is 0 Å². The highest BCUT2D eigenvalue weighted by Gasteiger charge is 2.09. The lowest BCUT2D eigenvalue weighted by Crippen LogP contribution is -2.71. The number of hydrogen-bond donors (Lipinski definition) is 2. The number of benzene rings is 1. The Morgan fingerprint density at radius 2 is 2.00 bits per heavy atom. The molecule has 0 bridgehead atoms. The molecule has 14 heavy (non-hydrogen) atoms. The zero-order valence-electron chi connectivity index (χ0n) is 8.07. The molecule has 0 aromatic heterocycles. The average molecular weight is 194 g/mol. The van der Waals surface area contributed by atoms with Crippen LogP contribution in [0.15, 0.2) is 24.3 Å². The van der Waals surface area contributed by atoms with Crippen LogP contribution in [-0.4, -0.2) is 24.9 Å². The van der Waals surface area contributed by atoms with Gasteiger partial charge >= 0.3 is 0 Å². The molecule has 0 aliphatic carbocycles. The first-order valence-corrected chi connectivity index (χ1v) is 4.16. The Morgan fingerprint density at radius 3 is 2.36 bits per heavy atom. The normalized spacial score (nSPS) is 11.1. The van der Waals surface area contributed by atoms with Gasteiger partial charge in [-0.1, -0.05) is 0 Å². The zero-order valence-corrected chi connectivity index (χ0v) is 8.07. The summed E-state index contributed by atoms with van der Waals surface area (Å²) in [6.45, 7) is 0. The van der Waals surface area contributed by atoms with Crippen molar-refractivity contribution in [3.05, 3.63) is 39.9 Å². The topological polar surface area (TPSA) is 69.1 Å². The maximum Gasteiger partial charge on any atom is 0.274 e. The number of nitro groups is 1. The molecular formula is C9H12N3O2+. The Hall–Kier alpha value is -1.91. The minimum Gasteiger partial charge on any atom is -0.277 e. The van der Waals surface area contributed by atoms with E-state index in [1.54, 1.807) is 26.2 Å². The Bertz CT molecular complexity index is 357. The van der Waals surface area contributed by atoms with Gasteiger partial charge in [0.25, 0.3) is 11.5 Å². The molecule has 0 radical (unpaired) electrons. The highest BCUT2D eigenvalue weighted by molar-refractivity contribution is 5.94. The van der Waals surface area contributed by atoms with Crippen molar-refractivity contribution in [3.8, 4) is 0 Å². The minimum absolute atomic E-state index is 0.0975. The Kier molecular flexibility index (Phi) is 3.17. The third-order valence-electron chi connectivity index (χ3n) is 1.87. The molecule has 5 heteroatoms. The number of hydrogen-bond acceptors (Lipinski definition) is 2. The molecule has 1 aromatic rings. The first-order valence-electron chi connectivity index (χ1n) is 4.16. The standard InChI is InChI=1S/C9H11N3O2/c1-10-9(11-2)7-3-5-8(6-4-7)12(13)14/h3-6H,1-2H3,(H,10,11)/p+1. The summed E-state index contributed by atoms with van der Waals surface area (Å²) in [4.78, 5) is 12.9. The van der Waals surface area contributed by atoms with Crippen LogP contribution >= 0.6 is 0 Å². The predicted octanol–water partition coefficient (Wildman–Crippen LogP) is -0.729. The summed E-state index contributed by atoms with van der Waals surface area (Å²) in [5.41, 5.74) is 0.987. The number of nitrogens with zero attached hydrogens (tertiary/aromatic N) is 1. The molecule has 5 nitrogen and oxygen atoms in total. The second-order valence-electron chi connectivity index (χ2n) is 2.68. The molecule has 1 aromatic carbocycles. The van der Waals surface area contributed by atoms with Crippen molar-refractivity contribution in [3.63, 3.8) is 0 Å². The molecule has 0 atom stereocenters. The molecule has 0 aliphatic heterocycles. The van der Waals surface area contributed by atoms with Gasteiger partial charge in [-0.2, -0.15) is 0 Å². The van der Waals surface area contributed by atoms with E-state index in [4.69, 9.17) is 0 Å². The van der Waals surface area contributed by atoms with E-state index in [0.717, 1.165) is 11.4 Å². The summed E-state index contributed by atoms with van der Waals surface area (Å²) in [6, 6.07) is 6.34. The summed E-state index contributed by atoms with van der Waals surface area (Å²) in [6.07, 6.45) is 0. The number of amidine groups is 1. The molecule has 0 saturated carbocycles. The van der Waals surface area contributed by atoms with Gasteiger partial charge in [0.1, 0.15) is 0 Å². The first-order chi connectivity index (χ1) is 6.69. The highest BCUT2D eigenvalue weighted by Crippen LogP contribution is 2.10. The molecular weight excluding hydrogens is 182 g/mol. The van der Waals surface area contributed by atoms with E-state index in [0.29, 0.717) is 0 Å². The summed E-state index contributed by atoms with van der Waals surface area (Å²) >= 11 is 0. The van der Waals surface area contributed by atoms with Crippen LogP contribution in [0, 0.1) is 10.1 Å². The molecule has 2 N–H and O–H groups in total. The smallest absolute Gasteiger partial charge is 0.274 e. The van der Waals surface area contributed by atoms with E-state index in [1.807, 2.05) is 0 Å². The van der Waals surface area contributed by atoms with Crippen molar-refractivity contribution >= 4 is 11.5 Å². The summed E-state index contributed by atoms with van der Waals surface area (Å²) < 4.78 is 0. The van der Waals surface area contributed by atoms with Gasteiger partial charge in [0.2, 0.25) is 0 Å². The van der Waals surface area contributed by atoms with E-state index in [-0.39, 0.29) is 5.69 Å². The number of non-ortho nitro benzene ring substituents is 1. The van der Waals surface area contributed by atoms with Crippen molar-refractivity contribution < 1.29 is 9.92 Å². The van der Waals surface area contributed by atoms with E-state index >= 15 is 0 Å². The average Bonchev–Trinajstić information content (AvgIpc) is 2.20. The van der Waals surface area contributed by atoms with Gasteiger partial charge in [-0.25, -0.2) is 0 Å². The maximum atomic E-state index is 10.4. The lowest BCUT2D eigenvalue weighted by Gasteiger charge is -1.97. The van der Waals surface area contributed by atoms with Crippen molar-refractivity contribution in [1.29, 1.82) is 0 Å². The van der Waals surface area contributed by atoms with E-state index in [1.165, 1.54) is 12.1 Å². The summed E-state index contributed by atoms with van der Waals surface area (Å²) in [5, 5.41) is 13.3. The fourth-order valence-electron chi connectivity index (χ4n) is 1.16. The van der Waals surface area contributed by atoms with E-state index in [9.17, 15) is 10.1 Å². The van der Waals surface area contributed by atoms with Crippen LogP contribution in [0.1, 0.15) is 5.56 Å². The van der Waals surface area contributed by atoms with Gasteiger partial charge in [-0.05, 0) is 12.1 Å². The Labute approximate surface area is 81.6 Å². The van der Waals surface area contributed by atoms with Crippen LogP contribution in [-0.2, 0) is 0 Å². The monoisotopic (exact) mass is 194 g/mol. The molecule has 0 unspecified atom stereocenters. The number of nitro benzene ring substituents is 1. The minimum atomic E-state index is -0.414. The van der Waals surface area contributed by atoms with Gasteiger partial charge in [0.05, 0.1) is 24.6 Å². The zero-order chi connectivity index (χ0) is 10.6. The largest absolute Gasteiger partial charge is 0.277 e. The van der Waals surface area contributed by atoms with Crippen molar-refractivity contribution in [2.24, 2.45) is 0 Å². The predicted molar refractivity (Wildman–Crippen MR) is 53.2 cm³/mol. The fourth-order valence-corrected chi connectivity index (χ4v) is 1.16. The lowest BCUT2D eigenvalue weighted by molar-refractivity contribution is -0.421. The third-order valence-corrected chi connectivity index (χ3v) is 1.87.